The third-order valence-electron chi connectivity index (χ3n) is 4.11. The van der Waals surface area contributed by atoms with Crippen molar-refractivity contribution in [1.29, 1.82) is 0 Å². The second kappa shape index (κ2) is 9.25. The van der Waals surface area contributed by atoms with Gasteiger partial charge in [0.2, 0.25) is 5.88 Å². The maximum Gasteiger partial charge on any atom is 0.418 e. The Morgan fingerprint density at radius 1 is 1.00 bits per heavy atom. The van der Waals surface area contributed by atoms with Crippen molar-refractivity contribution in [3.05, 3.63) is 71.8 Å². The van der Waals surface area contributed by atoms with Gasteiger partial charge in [-0.2, -0.15) is 13.2 Å². The number of aryl methyl sites for hydroxylation is 1. The summed E-state index contributed by atoms with van der Waals surface area (Å²) in [5.74, 6) is 0.274. The maximum absolute atomic E-state index is 12.9. The van der Waals surface area contributed by atoms with Crippen LogP contribution in [0.3, 0.4) is 0 Å². The number of nitrogens with one attached hydrogen (secondary N) is 2. The number of benzene rings is 2. The summed E-state index contributed by atoms with van der Waals surface area (Å²) in [5.41, 5.74) is 1.53. The molecule has 1 aromatic heterocycles. The standard InChI is InChI=1S/C21H19F3N4O2/c1-14-6-8-15(9-7-14)17-10-11-19(28-27-17)30-13-12-25-20(29)26-18-5-3-2-4-16(18)21(22,23)24/h2-11H,12-13H2,1H3,(H2,25,26,29). The summed E-state index contributed by atoms with van der Waals surface area (Å²) in [4.78, 5) is 11.9. The first-order valence-corrected chi connectivity index (χ1v) is 9.07. The number of hydrogen-bond acceptors (Lipinski definition) is 4. The van der Waals surface area contributed by atoms with Crippen molar-refractivity contribution in [2.24, 2.45) is 0 Å². The quantitative estimate of drug-likeness (QED) is 0.573. The first kappa shape index (κ1) is 21.1. The molecule has 156 valence electrons. The van der Waals surface area contributed by atoms with E-state index in [1.807, 2.05) is 31.2 Å². The number of halogens is 3. The number of urea groups is 1. The molecule has 9 heteroatoms. The molecule has 0 aliphatic rings. The summed E-state index contributed by atoms with van der Waals surface area (Å²) in [7, 11) is 0. The number of rotatable bonds is 6. The molecule has 0 bridgehead atoms. The van der Waals surface area contributed by atoms with Gasteiger partial charge in [0.25, 0.3) is 0 Å². The van der Waals surface area contributed by atoms with Crippen molar-refractivity contribution < 1.29 is 22.7 Å². The Balaban J connectivity index is 1.46. The van der Waals surface area contributed by atoms with Gasteiger partial charge in [-0.3, -0.25) is 0 Å². The van der Waals surface area contributed by atoms with E-state index in [9.17, 15) is 18.0 Å². The van der Waals surface area contributed by atoms with Gasteiger partial charge in [0, 0.05) is 11.6 Å². The molecule has 6 nitrogen and oxygen atoms in total. The Hall–Kier alpha value is -3.62. The largest absolute Gasteiger partial charge is 0.475 e. The predicted octanol–water partition coefficient (Wildman–Crippen LogP) is 4.67. The summed E-state index contributed by atoms with van der Waals surface area (Å²) >= 11 is 0. The fourth-order valence-corrected chi connectivity index (χ4v) is 2.60. The number of nitrogens with zero attached hydrogens (tertiary/aromatic N) is 2. The Morgan fingerprint density at radius 3 is 2.40 bits per heavy atom. The SMILES string of the molecule is Cc1ccc(-c2ccc(OCCNC(=O)Nc3ccccc3C(F)(F)F)nn2)cc1. The summed E-state index contributed by atoms with van der Waals surface area (Å²) in [5, 5.41) is 12.7. The molecule has 0 fully saturated rings. The molecule has 0 atom stereocenters. The molecule has 3 aromatic rings. The van der Waals surface area contributed by atoms with E-state index in [0.29, 0.717) is 5.69 Å². The van der Waals surface area contributed by atoms with E-state index in [0.717, 1.165) is 17.2 Å². The minimum absolute atomic E-state index is 0.0708. The number of carbonyl (C=O) groups excluding carboxylic acids is 1. The van der Waals surface area contributed by atoms with Crippen LogP contribution >= 0.6 is 0 Å². The van der Waals surface area contributed by atoms with Gasteiger partial charge in [-0.1, -0.05) is 42.0 Å². The van der Waals surface area contributed by atoms with Crippen molar-refractivity contribution in [1.82, 2.24) is 15.5 Å². The highest BCUT2D eigenvalue weighted by Crippen LogP contribution is 2.34. The molecule has 3 rings (SSSR count). The van der Waals surface area contributed by atoms with E-state index in [2.05, 4.69) is 20.8 Å². The van der Waals surface area contributed by atoms with E-state index < -0.39 is 17.8 Å². The minimum Gasteiger partial charge on any atom is -0.475 e. The summed E-state index contributed by atoms with van der Waals surface area (Å²) < 4.78 is 44.2. The van der Waals surface area contributed by atoms with Gasteiger partial charge in [-0.15, -0.1) is 10.2 Å². The molecule has 0 aliphatic carbocycles. The number of ether oxygens (including phenoxy) is 1. The van der Waals surface area contributed by atoms with Gasteiger partial charge in [0.15, 0.2) is 0 Å². The molecule has 0 saturated heterocycles. The van der Waals surface area contributed by atoms with Gasteiger partial charge in [-0.25, -0.2) is 4.79 Å². The number of carbonyl (C=O) groups is 1. The van der Waals surface area contributed by atoms with Crippen LogP contribution in [0.5, 0.6) is 5.88 Å². The van der Waals surface area contributed by atoms with Gasteiger partial charge in [0.1, 0.15) is 6.61 Å². The monoisotopic (exact) mass is 416 g/mol. The lowest BCUT2D eigenvalue weighted by Gasteiger charge is -2.14. The Morgan fingerprint density at radius 2 is 1.73 bits per heavy atom. The van der Waals surface area contributed by atoms with Gasteiger partial charge < -0.3 is 15.4 Å². The van der Waals surface area contributed by atoms with Crippen LogP contribution in [0, 0.1) is 6.92 Å². The van der Waals surface area contributed by atoms with Crippen molar-refractivity contribution in [3.8, 4) is 17.1 Å². The highest BCUT2D eigenvalue weighted by molar-refractivity contribution is 5.90. The van der Waals surface area contributed by atoms with E-state index in [1.165, 1.54) is 18.2 Å². The zero-order valence-electron chi connectivity index (χ0n) is 16.0. The number of para-hydroxylation sites is 1. The molecule has 0 aliphatic heterocycles. The molecule has 1 heterocycles. The molecular weight excluding hydrogens is 397 g/mol. The highest BCUT2D eigenvalue weighted by atomic mass is 19.4. The van der Waals surface area contributed by atoms with Crippen LogP contribution in [0.2, 0.25) is 0 Å². The Bertz CT molecular complexity index is 990. The third-order valence-corrected chi connectivity index (χ3v) is 4.11. The lowest BCUT2D eigenvalue weighted by atomic mass is 10.1. The summed E-state index contributed by atoms with van der Waals surface area (Å²) in [6, 6.07) is 15.2. The molecular formula is C21H19F3N4O2. The van der Waals surface area contributed by atoms with Crippen molar-refractivity contribution in [2.75, 3.05) is 18.5 Å². The molecule has 2 N–H and O–H groups in total. The second-order valence-electron chi connectivity index (χ2n) is 6.40. The molecule has 30 heavy (non-hydrogen) atoms. The minimum atomic E-state index is -4.56. The van der Waals surface area contributed by atoms with Crippen molar-refractivity contribution in [3.63, 3.8) is 0 Å². The van der Waals surface area contributed by atoms with E-state index >= 15 is 0 Å². The highest BCUT2D eigenvalue weighted by Gasteiger charge is 2.33. The van der Waals surface area contributed by atoms with Crippen LogP contribution in [-0.4, -0.2) is 29.4 Å². The molecule has 2 amide bonds. The lowest BCUT2D eigenvalue weighted by molar-refractivity contribution is -0.136. The molecule has 0 saturated carbocycles. The van der Waals surface area contributed by atoms with Crippen LogP contribution < -0.4 is 15.4 Å². The topological polar surface area (TPSA) is 76.1 Å². The fourth-order valence-electron chi connectivity index (χ4n) is 2.60. The predicted molar refractivity (Wildman–Crippen MR) is 106 cm³/mol. The van der Waals surface area contributed by atoms with Crippen LogP contribution in [0.1, 0.15) is 11.1 Å². The van der Waals surface area contributed by atoms with Crippen molar-refractivity contribution in [2.45, 2.75) is 13.1 Å². The summed E-state index contributed by atoms with van der Waals surface area (Å²) in [6.45, 7) is 2.14. The molecule has 0 radical (unpaired) electrons. The fraction of sp³-hybridized carbons (Fsp3) is 0.190. The molecule has 0 unspecified atom stereocenters. The van der Waals surface area contributed by atoms with Crippen LogP contribution in [0.25, 0.3) is 11.3 Å². The van der Waals surface area contributed by atoms with Crippen molar-refractivity contribution >= 4 is 11.7 Å². The van der Waals surface area contributed by atoms with E-state index in [-0.39, 0.29) is 24.7 Å². The average Bonchev–Trinajstić information content (AvgIpc) is 2.72. The Labute approximate surface area is 171 Å². The van der Waals surface area contributed by atoms with Gasteiger partial charge in [-0.05, 0) is 25.1 Å². The zero-order valence-corrected chi connectivity index (χ0v) is 16.0. The van der Waals surface area contributed by atoms with E-state index in [1.54, 1.807) is 12.1 Å². The molecule has 2 aromatic carbocycles. The van der Waals surface area contributed by atoms with Crippen LogP contribution in [-0.2, 0) is 6.18 Å². The first-order valence-electron chi connectivity index (χ1n) is 9.07. The van der Waals surface area contributed by atoms with Crippen LogP contribution in [0.4, 0.5) is 23.7 Å². The maximum atomic E-state index is 12.9. The number of aromatic nitrogens is 2. The number of amides is 2. The first-order chi connectivity index (χ1) is 14.3. The normalized spacial score (nSPS) is 11.1. The number of anilines is 1. The smallest absolute Gasteiger partial charge is 0.418 e. The number of alkyl halides is 3. The Kier molecular flexibility index (Phi) is 6.51. The van der Waals surface area contributed by atoms with Crippen LogP contribution in [0.15, 0.2) is 60.7 Å². The summed E-state index contributed by atoms with van der Waals surface area (Å²) in [6.07, 6.45) is -4.56. The molecule has 0 spiro atoms. The van der Waals surface area contributed by atoms with E-state index in [4.69, 9.17) is 4.74 Å². The zero-order chi connectivity index (χ0) is 21.6. The number of hydrogen-bond donors (Lipinski definition) is 2. The second-order valence-corrected chi connectivity index (χ2v) is 6.40. The lowest BCUT2D eigenvalue weighted by Crippen LogP contribution is -2.32. The average molecular weight is 416 g/mol. The van der Waals surface area contributed by atoms with Gasteiger partial charge >= 0.3 is 12.2 Å². The third kappa shape index (κ3) is 5.69. The van der Waals surface area contributed by atoms with Gasteiger partial charge in [0.05, 0.1) is 23.5 Å².